The first kappa shape index (κ1) is 36.8. The number of pyridine rings is 1. The highest BCUT2D eigenvalue weighted by atomic mass is 19.4. The molecule has 3 heterocycles. The van der Waals surface area contributed by atoms with E-state index in [-0.39, 0.29) is 10.8 Å². The van der Waals surface area contributed by atoms with E-state index in [0.717, 1.165) is 39.1 Å². The van der Waals surface area contributed by atoms with Gasteiger partial charge in [-0.2, -0.15) is 13.2 Å². The molecule has 11 rings (SSSR count). The van der Waals surface area contributed by atoms with E-state index in [1.165, 1.54) is 33.9 Å². The van der Waals surface area contributed by atoms with Crippen LogP contribution in [0.15, 0.2) is 176 Å². The molecule has 0 radical (unpaired) electrons. The molecule has 0 bridgehead atoms. The van der Waals surface area contributed by atoms with E-state index < -0.39 is 17.2 Å². The summed E-state index contributed by atoms with van der Waals surface area (Å²) in [5, 5.41) is 0.643. The van der Waals surface area contributed by atoms with Gasteiger partial charge in [-0.05, 0) is 99.0 Å². The first-order chi connectivity index (χ1) is 29.5. The van der Waals surface area contributed by atoms with Crippen LogP contribution < -0.4 is 0 Å². The molecule has 1 N–H and O–H groups in total. The molecule has 10 aromatic rings. The van der Waals surface area contributed by atoms with Gasteiger partial charge in [0.25, 0.3) is 0 Å². The average Bonchev–Trinajstić information content (AvgIpc) is 3.95. The van der Waals surface area contributed by atoms with Gasteiger partial charge >= 0.3 is 6.18 Å². The van der Waals surface area contributed by atoms with E-state index in [4.69, 9.17) is 9.97 Å². The molecule has 7 aromatic carbocycles. The summed E-state index contributed by atoms with van der Waals surface area (Å²) >= 11 is 0. The normalized spacial score (nSPS) is 15.1. The Morgan fingerprint density at radius 3 is 2.15 bits per heavy atom. The summed E-state index contributed by atoms with van der Waals surface area (Å²) in [5.41, 5.74) is 12.4. The minimum absolute atomic E-state index is 0.0404. The highest BCUT2D eigenvalue weighted by Gasteiger charge is 2.47. The largest absolute Gasteiger partial charge is 0.417 e. The number of hydrogen-bond donors (Lipinski definition) is 1. The second kappa shape index (κ2) is 13.4. The van der Waals surface area contributed by atoms with Crippen molar-refractivity contribution in [3.63, 3.8) is 0 Å². The fourth-order valence-corrected chi connectivity index (χ4v) is 9.72. The lowest BCUT2D eigenvalue weighted by Gasteiger charge is -2.33. The number of alkyl halides is 3. The lowest BCUT2D eigenvalue weighted by atomic mass is 9.69. The summed E-state index contributed by atoms with van der Waals surface area (Å²) in [6, 6.07) is 56.3. The van der Waals surface area contributed by atoms with E-state index in [2.05, 4.69) is 115 Å². The summed E-state index contributed by atoms with van der Waals surface area (Å²) in [6.07, 6.45) is -2.68. The minimum atomic E-state index is -4.55. The second-order valence-corrected chi connectivity index (χ2v) is 17.0. The third-order valence-electron chi connectivity index (χ3n) is 12.5. The van der Waals surface area contributed by atoms with Crippen LogP contribution in [0.1, 0.15) is 54.3 Å². The Labute approximate surface area is 351 Å². The summed E-state index contributed by atoms with van der Waals surface area (Å²) in [4.78, 5) is 13.8. The molecular formula is C54H39F3N4. The fourth-order valence-electron chi connectivity index (χ4n) is 9.72. The first-order valence-electron chi connectivity index (χ1n) is 20.5. The van der Waals surface area contributed by atoms with E-state index >= 15 is 0 Å². The van der Waals surface area contributed by atoms with Crippen LogP contribution in [0.5, 0.6) is 0 Å². The fraction of sp³-hybridized carbons (Fsp3) is 0.111. The van der Waals surface area contributed by atoms with Crippen LogP contribution in [0.2, 0.25) is 0 Å². The minimum Gasteiger partial charge on any atom is -0.354 e. The van der Waals surface area contributed by atoms with Crippen LogP contribution in [0, 0.1) is 0 Å². The Morgan fingerprint density at radius 2 is 1.34 bits per heavy atom. The number of halogens is 3. The molecule has 61 heavy (non-hydrogen) atoms. The molecule has 0 aliphatic heterocycles. The zero-order valence-corrected chi connectivity index (χ0v) is 33.7. The second-order valence-electron chi connectivity index (χ2n) is 17.0. The molecule has 1 aliphatic carbocycles. The third-order valence-corrected chi connectivity index (χ3v) is 12.5. The predicted molar refractivity (Wildman–Crippen MR) is 240 cm³/mol. The molecule has 296 valence electrons. The molecule has 7 heteroatoms. The van der Waals surface area contributed by atoms with Gasteiger partial charge in [-0.25, -0.2) is 4.98 Å². The molecule has 0 saturated heterocycles. The van der Waals surface area contributed by atoms with Crippen molar-refractivity contribution in [2.45, 2.75) is 37.8 Å². The first-order valence-corrected chi connectivity index (χ1v) is 20.5. The van der Waals surface area contributed by atoms with Crippen molar-refractivity contribution in [2.75, 3.05) is 0 Å². The highest BCUT2D eigenvalue weighted by molar-refractivity contribution is 6.14. The number of imidazole rings is 1. The number of hydrogen-bond acceptors (Lipinski definition) is 2. The predicted octanol–water partition coefficient (Wildman–Crippen LogP) is 14.1. The number of nitrogens with one attached hydrogen (secondary N) is 1. The average molecular weight is 801 g/mol. The van der Waals surface area contributed by atoms with Crippen molar-refractivity contribution in [3.05, 3.63) is 210 Å². The molecule has 1 aliphatic rings. The molecule has 0 amide bonds. The van der Waals surface area contributed by atoms with E-state index in [1.807, 2.05) is 66.9 Å². The smallest absolute Gasteiger partial charge is 0.354 e. The van der Waals surface area contributed by atoms with Crippen molar-refractivity contribution < 1.29 is 13.2 Å². The Morgan fingerprint density at radius 1 is 0.607 bits per heavy atom. The van der Waals surface area contributed by atoms with Gasteiger partial charge < -0.3 is 4.98 Å². The van der Waals surface area contributed by atoms with Gasteiger partial charge in [0, 0.05) is 39.3 Å². The number of aromatic nitrogens is 4. The van der Waals surface area contributed by atoms with Crippen molar-refractivity contribution in [3.8, 4) is 39.3 Å². The van der Waals surface area contributed by atoms with Gasteiger partial charge in [0.15, 0.2) is 0 Å². The summed E-state index contributed by atoms with van der Waals surface area (Å²) in [7, 11) is 0. The summed E-state index contributed by atoms with van der Waals surface area (Å²) < 4.78 is 46.1. The number of benzene rings is 7. The van der Waals surface area contributed by atoms with Crippen LogP contribution in [0.4, 0.5) is 13.2 Å². The van der Waals surface area contributed by atoms with Gasteiger partial charge in [0.2, 0.25) is 0 Å². The molecule has 4 nitrogen and oxygen atoms in total. The van der Waals surface area contributed by atoms with Crippen LogP contribution in [0.25, 0.3) is 72.2 Å². The molecule has 0 spiro atoms. The molecule has 0 fully saturated rings. The van der Waals surface area contributed by atoms with Gasteiger partial charge in [-0.3, -0.25) is 9.55 Å². The van der Waals surface area contributed by atoms with E-state index in [9.17, 15) is 13.2 Å². The lowest BCUT2D eigenvalue weighted by molar-refractivity contribution is -0.136. The third kappa shape index (κ3) is 5.53. The maximum absolute atomic E-state index is 14.7. The quantitative estimate of drug-likeness (QED) is 0.188. The number of fused-ring (bicyclic) bond motifs is 7. The summed E-state index contributed by atoms with van der Waals surface area (Å²) in [6.45, 7) is 6.74. The maximum Gasteiger partial charge on any atom is 0.417 e. The Balaban J connectivity index is 1.17. The zero-order valence-electron chi connectivity index (χ0n) is 33.7. The van der Waals surface area contributed by atoms with Crippen LogP contribution >= 0.6 is 0 Å². The number of nitrogens with zero attached hydrogens (tertiary/aromatic N) is 3. The highest BCUT2D eigenvalue weighted by Crippen LogP contribution is 2.56. The van der Waals surface area contributed by atoms with Gasteiger partial charge in [-0.15, -0.1) is 0 Å². The lowest BCUT2D eigenvalue weighted by Crippen LogP contribution is -2.29. The number of para-hydroxylation sites is 3. The van der Waals surface area contributed by atoms with Crippen molar-refractivity contribution in [1.82, 2.24) is 19.5 Å². The van der Waals surface area contributed by atoms with Gasteiger partial charge in [0.05, 0.1) is 33.2 Å². The van der Waals surface area contributed by atoms with Crippen LogP contribution in [-0.4, -0.2) is 19.5 Å². The topological polar surface area (TPSA) is 46.5 Å². The number of rotatable bonds is 5. The number of aromatic amines is 1. The SMILES string of the molecule is CC(C)(C)c1ccc2c(c1)-c1ccccc1C2(c1cccc(-c2cccc3c2nc(-c2ccc(C(F)(F)F)c4c2[nH]c2ccccc24)n3-c2ccccc2)c1)c1ccccn1. The van der Waals surface area contributed by atoms with E-state index in [1.54, 1.807) is 18.2 Å². The Hall–Kier alpha value is -7.25. The van der Waals surface area contributed by atoms with E-state index in [0.29, 0.717) is 27.8 Å². The molecule has 0 saturated carbocycles. The van der Waals surface area contributed by atoms with Crippen LogP contribution in [-0.2, 0) is 17.0 Å². The molecular weight excluding hydrogens is 762 g/mol. The molecule has 1 unspecified atom stereocenters. The van der Waals surface area contributed by atoms with Crippen molar-refractivity contribution in [2.24, 2.45) is 0 Å². The van der Waals surface area contributed by atoms with Gasteiger partial charge in [-0.1, -0.05) is 136 Å². The molecule has 1 atom stereocenters. The summed E-state index contributed by atoms with van der Waals surface area (Å²) in [5.74, 6) is 0.536. The van der Waals surface area contributed by atoms with Crippen LogP contribution in [0.3, 0.4) is 0 Å². The monoisotopic (exact) mass is 800 g/mol. The van der Waals surface area contributed by atoms with Crippen molar-refractivity contribution in [1.29, 1.82) is 0 Å². The molecule has 3 aromatic heterocycles. The zero-order chi connectivity index (χ0) is 41.7. The Kier molecular flexibility index (Phi) is 8.07. The number of H-pyrrole nitrogens is 1. The van der Waals surface area contributed by atoms with Crippen molar-refractivity contribution >= 4 is 32.8 Å². The Bertz CT molecular complexity index is 3340. The maximum atomic E-state index is 14.7. The van der Waals surface area contributed by atoms with Gasteiger partial charge in [0.1, 0.15) is 5.82 Å². The standard InChI is InChI=1S/C54H39F3N4/c1-52(2,3)34-26-28-43-41(32-34)38-19-7-9-22-42(38)53(43,47-25-11-12-30-58-47)35-16-13-15-33(31-35)37-21-14-24-46-49(37)60-51(61(46)36-17-5-4-6-18-36)40-27-29-44(54(55,56)57)48-39-20-8-10-23-45(39)59-50(40)48/h4-32,59H,1-3H3.